The molecular formula is C20H27F3N2O2S. The van der Waals surface area contributed by atoms with Gasteiger partial charge in [0.05, 0.1) is 12.2 Å². The molecule has 3 heterocycles. The molecule has 3 aliphatic rings. The van der Waals surface area contributed by atoms with Gasteiger partial charge in [-0.15, -0.1) is 11.3 Å². The molecule has 2 fully saturated rings. The SMILES string of the molecule is CCc1cc2c(s1)CCOC21CCN(CC2CC(NC(=O)C(F)(F)F)C2)CC1. The summed E-state index contributed by atoms with van der Waals surface area (Å²) in [6.45, 7) is 5.78. The van der Waals surface area contributed by atoms with Crippen LogP contribution < -0.4 is 5.32 Å². The lowest BCUT2D eigenvalue weighted by atomic mass is 9.78. The molecule has 4 rings (SSSR count). The van der Waals surface area contributed by atoms with Gasteiger partial charge in [0.25, 0.3) is 0 Å². The van der Waals surface area contributed by atoms with Gasteiger partial charge in [0, 0.05) is 41.9 Å². The molecule has 1 aliphatic carbocycles. The quantitative estimate of drug-likeness (QED) is 0.815. The first kappa shape index (κ1) is 20.2. The predicted octanol–water partition coefficient (Wildman–Crippen LogP) is 3.63. The van der Waals surface area contributed by atoms with Gasteiger partial charge in [-0.25, -0.2) is 0 Å². The van der Waals surface area contributed by atoms with E-state index in [0.29, 0.717) is 18.8 Å². The largest absolute Gasteiger partial charge is 0.471 e. The topological polar surface area (TPSA) is 41.6 Å². The average Bonchev–Trinajstić information content (AvgIpc) is 3.06. The zero-order valence-corrected chi connectivity index (χ0v) is 16.9. The molecule has 1 aromatic heterocycles. The van der Waals surface area contributed by atoms with Crippen LogP contribution in [0.5, 0.6) is 0 Å². The van der Waals surface area contributed by atoms with Crippen molar-refractivity contribution in [3.8, 4) is 0 Å². The first-order valence-electron chi connectivity index (χ1n) is 10.1. The van der Waals surface area contributed by atoms with E-state index in [1.54, 1.807) is 0 Å². The predicted molar refractivity (Wildman–Crippen MR) is 101 cm³/mol. The zero-order chi connectivity index (χ0) is 19.9. The van der Waals surface area contributed by atoms with E-state index >= 15 is 0 Å². The Balaban J connectivity index is 1.26. The van der Waals surface area contributed by atoms with Crippen molar-refractivity contribution in [2.24, 2.45) is 5.92 Å². The molecule has 8 heteroatoms. The minimum atomic E-state index is -4.79. The molecule has 1 saturated heterocycles. The lowest BCUT2D eigenvalue weighted by Crippen LogP contribution is -2.53. The lowest BCUT2D eigenvalue weighted by molar-refractivity contribution is -0.175. The summed E-state index contributed by atoms with van der Waals surface area (Å²) >= 11 is 1.93. The second-order valence-corrected chi connectivity index (χ2v) is 9.52. The highest BCUT2D eigenvalue weighted by molar-refractivity contribution is 7.12. The highest BCUT2D eigenvalue weighted by atomic mass is 32.1. The van der Waals surface area contributed by atoms with Crippen molar-refractivity contribution in [2.75, 3.05) is 26.2 Å². The number of alkyl halides is 3. The van der Waals surface area contributed by atoms with Gasteiger partial charge in [0.15, 0.2) is 0 Å². The number of nitrogens with zero attached hydrogens (tertiary/aromatic N) is 1. The number of piperidine rings is 1. The summed E-state index contributed by atoms with van der Waals surface area (Å²) in [7, 11) is 0. The third kappa shape index (κ3) is 3.96. The van der Waals surface area contributed by atoms with Crippen LogP contribution in [0.2, 0.25) is 0 Å². The van der Waals surface area contributed by atoms with Crippen molar-refractivity contribution in [3.05, 3.63) is 21.4 Å². The van der Waals surface area contributed by atoms with E-state index in [-0.39, 0.29) is 11.6 Å². The molecule has 0 radical (unpaired) electrons. The Bertz CT molecular complexity index is 720. The van der Waals surface area contributed by atoms with E-state index in [9.17, 15) is 18.0 Å². The van der Waals surface area contributed by atoms with Crippen molar-refractivity contribution in [1.29, 1.82) is 0 Å². The van der Waals surface area contributed by atoms with Gasteiger partial charge < -0.3 is 15.0 Å². The summed E-state index contributed by atoms with van der Waals surface area (Å²) < 4.78 is 43.2. The van der Waals surface area contributed by atoms with E-state index in [1.165, 1.54) is 15.3 Å². The zero-order valence-electron chi connectivity index (χ0n) is 16.1. The number of rotatable bonds is 4. The second-order valence-electron chi connectivity index (χ2n) is 8.30. The number of hydrogen-bond acceptors (Lipinski definition) is 4. The minimum Gasteiger partial charge on any atom is -0.370 e. The molecule has 1 saturated carbocycles. The normalized spacial score (nSPS) is 27.3. The summed E-state index contributed by atoms with van der Waals surface area (Å²) in [5.41, 5.74) is 1.26. The molecule has 0 unspecified atom stereocenters. The number of hydrogen-bond donors (Lipinski definition) is 1. The maximum absolute atomic E-state index is 12.3. The average molecular weight is 417 g/mol. The lowest BCUT2D eigenvalue weighted by Gasteiger charge is -2.46. The number of likely N-dealkylation sites (tertiary alicyclic amines) is 1. The van der Waals surface area contributed by atoms with Gasteiger partial charge in [0.2, 0.25) is 0 Å². The van der Waals surface area contributed by atoms with Gasteiger partial charge in [-0.1, -0.05) is 6.92 Å². The van der Waals surface area contributed by atoms with Crippen molar-refractivity contribution in [3.63, 3.8) is 0 Å². The minimum absolute atomic E-state index is 0.142. The Hall–Kier alpha value is -1.12. The molecule has 4 nitrogen and oxygen atoms in total. The number of aryl methyl sites for hydroxylation is 1. The fraction of sp³-hybridized carbons (Fsp3) is 0.750. The van der Waals surface area contributed by atoms with Gasteiger partial charge in [0.1, 0.15) is 0 Å². The van der Waals surface area contributed by atoms with E-state index in [2.05, 4.69) is 23.2 Å². The van der Waals surface area contributed by atoms with Crippen molar-refractivity contribution < 1.29 is 22.7 Å². The molecule has 0 bridgehead atoms. The van der Waals surface area contributed by atoms with Crippen LogP contribution in [0.3, 0.4) is 0 Å². The van der Waals surface area contributed by atoms with Crippen LogP contribution in [0.1, 0.15) is 47.9 Å². The van der Waals surface area contributed by atoms with Crippen LogP contribution in [-0.4, -0.2) is 49.3 Å². The maximum atomic E-state index is 12.3. The van der Waals surface area contributed by atoms with Crippen LogP contribution in [0.25, 0.3) is 0 Å². The van der Waals surface area contributed by atoms with E-state index in [1.807, 2.05) is 11.3 Å². The van der Waals surface area contributed by atoms with Gasteiger partial charge in [-0.05, 0) is 49.7 Å². The van der Waals surface area contributed by atoms with Crippen LogP contribution in [-0.2, 0) is 28.0 Å². The molecule has 156 valence electrons. The van der Waals surface area contributed by atoms with Crippen LogP contribution in [0.15, 0.2) is 6.07 Å². The molecular weight excluding hydrogens is 389 g/mol. The van der Waals surface area contributed by atoms with Gasteiger partial charge in [-0.2, -0.15) is 13.2 Å². The number of amides is 1. The van der Waals surface area contributed by atoms with Crippen LogP contribution >= 0.6 is 11.3 Å². The van der Waals surface area contributed by atoms with Crippen LogP contribution in [0, 0.1) is 5.92 Å². The first-order valence-corrected chi connectivity index (χ1v) is 11.0. The summed E-state index contributed by atoms with van der Waals surface area (Å²) in [6, 6.07) is 2.01. The fourth-order valence-corrected chi connectivity index (χ4v) is 5.97. The number of ether oxygens (including phenoxy) is 1. The molecule has 1 aromatic rings. The molecule has 1 spiro atoms. The Morgan fingerprint density at radius 1 is 1.36 bits per heavy atom. The van der Waals surface area contributed by atoms with Crippen LogP contribution in [0.4, 0.5) is 13.2 Å². The number of carbonyl (C=O) groups is 1. The number of nitrogens with one attached hydrogen (secondary N) is 1. The van der Waals surface area contributed by atoms with E-state index in [4.69, 9.17) is 4.74 Å². The smallest absolute Gasteiger partial charge is 0.370 e. The number of halogens is 3. The van der Waals surface area contributed by atoms with E-state index in [0.717, 1.165) is 51.9 Å². The number of carbonyl (C=O) groups excluding carboxylic acids is 1. The maximum Gasteiger partial charge on any atom is 0.471 e. The Morgan fingerprint density at radius 3 is 2.71 bits per heavy atom. The molecule has 28 heavy (non-hydrogen) atoms. The number of fused-ring (bicyclic) bond motifs is 2. The fourth-order valence-electron chi connectivity index (χ4n) is 4.79. The first-order chi connectivity index (χ1) is 13.3. The summed E-state index contributed by atoms with van der Waals surface area (Å²) in [5, 5.41) is 2.09. The summed E-state index contributed by atoms with van der Waals surface area (Å²) in [5.74, 6) is -1.45. The molecule has 0 atom stereocenters. The Kier molecular flexibility index (Phi) is 5.48. The standard InChI is InChI=1S/C20H27F3N2O2S/c1-2-15-11-16-17(28-15)3-8-27-19(16)4-6-25(7-5-19)12-13-9-14(10-13)24-18(26)20(21,22)23/h11,13-14H,2-10,12H2,1H3,(H,24,26). The Morgan fingerprint density at radius 2 is 2.07 bits per heavy atom. The van der Waals surface area contributed by atoms with Crippen molar-refractivity contribution in [2.45, 2.75) is 63.3 Å². The third-order valence-corrected chi connectivity index (χ3v) is 7.75. The Labute approximate surface area is 167 Å². The molecule has 1 N–H and O–H groups in total. The summed E-state index contributed by atoms with van der Waals surface area (Å²) in [4.78, 5) is 16.3. The van der Waals surface area contributed by atoms with Crippen molar-refractivity contribution in [1.82, 2.24) is 10.2 Å². The number of thiophene rings is 1. The summed E-state index contributed by atoms with van der Waals surface area (Å²) in [6.07, 6.45) is 0.501. The van der Waals surface area contributed by atoms with Gasteiger partial charge in [-0.3, -0.25) is 4.79 Å². The highest BCUT2D eigenvalue weighted by Crippen LogP contribution is 2.45. The molecule has 0 aromatic carbocycles. The third-order valence-electron chi connectivity index (χ3n) is 6.42. The van der Waals surface area contributed by atoms with E-state index < -0.39 is 12.1 Å². The van der Waals surface area contributed by atoms with Crippen molar-refractivity contribution >= 4 is 17.2 Å². The highest BCUT2D eigenvalue weighted by Gasteiger charge is 2.44. The van der Waals surface area contributed by atoms with Gasteiger partial charge >= 0.3 is 12.1 Å². The monoisotopic (exact) mass is 416 g/mol. The second kappa shape index (κ2) is 7.61. The molecule has 2 aliphatic heterocycles. The molecule has 1 amide bonds.